The van der Waals surface area contributed by atoms with Gasteiger partial charge in [0, 0.05) is 56.4 Å². The Morgan fingerprint density at radius 3 is 2.36 bits per heavy atom. The van der Waals surface area contributed by atoms with Gasteiger partial charge in [-0.25, -0.2) is 4.39 Å². The van der Waals surface area contributed by atoms with Gasteiger partial charge < -0.3 is 24.3 Å². The maximum atomic E-state index is 14.5. The van der Waals surface area contributed by atoms with Crippen LogP contribution in [0, 0.1) is 5.82 Å². The largest absolute Gasteiger partial charge is 0.497 e. The topological polar surface area (TPSA) is 65.1 Å². The van der Waals surface area contributed by atoms with Gasteiger partial charge in [-0.1, -0.05) is 48.5 Å². The standard InChI is InChI=1S/C24H28FN3O3.C13H12O/c1-26-19-4-3-18(21(25)14-19)13-17-5-6-27-22-16-24(23(29-2)15-20(17)22)31-12-9-28-7-10-30-11-8-28;1-14-13-9-5-8-12(10-13)11-6-3-2-4-7-11/h3-6,14-16,26H,7-13H2,1-2H3;2-10H,1H3. The van der Waals surface area contributed by atoms with Gasteiger partial charge in [-0.3, -0.25) is 9.88 Å². The summed E-state index contributed by atoms with van der Waals surface area (Å²) in [6.45, 7) is 4.78. The minimum Gasteiger partial charge on any atom is -0.497 e. The molecular formula is C37H40FN3O4. The van der Waals surface area contributed by atoms with Crippen molar-refractivity contribution in [1.29, 1.82) is 0 Å². The number of benzene rings is 4. The molecule has 8 heteroatoms. The summed E-state index contributed by atoms with van der Waals surface area (Å²) in [5, 5.41) is 3.89. The van der Waals surface area contributed by atoms with E-state index in [0.717, 1.165) is 60.8 Å². The zero-order chi connectivity index (χ0) is 31.4. The van der Waals surface area contributed by atoms with Crippen LogP contribution in [0.5, 0.6) is 17.2 Å². The molecule has 7 nitrogen and oxygen atoms in total. The van der Waals surface area contributed by atoms with Crippen molar-refractivity contribution in [2.45, 2.75) is 6.42 Å². The molecule has 0 saturated carbocycles. The number of halogens is 1. The number of ether oxygens (including phenoxy) is 4. The molecule has 234 valence electrons. The van der Waals surface area contributed by atoms with Crippen LogP contribution in [-0.4, -0.2) is 70.6 Å². The number of hydrogen-bond acceptors (Lipinski definition) is 7. The van der Waals surface area contributed by atoms with E-state index in [0.29, 0.717) is 30.1 Å². The minimum atomic E-state index is -0.230. The number of aromatic nitrogens is 1. The fraction of sp³-hybridized carbons (Fsp3) is 0.270. The minimum absolute atomic E-state index is 0.230. The van der Waals surface area contributed by atoms with Gasteiger partial charge >= 0.3 is 0 Å². The maximum Gasteiger partial charge on any atom is 0.163 e. The average molecular weight is 610 g/mol. The van der Waals surface area contributed by atoms with Crippen LogP contribution in [0.25, 0.3) is 22.0 Å². The van der Waals surface area contributed by atoms with Crippen molar-refractivity contribution >= 4 is 16.6 Å². The van der Waals surface area contributed by atoms with Crippen molar-refractivity contribution in [2.75, 3.05) is 66.0 Å². The first-order valence-electron chi connectivity index (χ1n) is 15.1. The molecule has 1 saturated heterocycles. The van der Waals surface area contributed by atoms with Gasteiger partial charge in [0.1, 0.15) is 18.2 Å². The summed E-state index contributed by atoms with van der Waals surface area (Å²) in [5.41, 5.74) is 5.57. The lowest BCUT2D eigenvalue weighted by molar-refractivity contribution is 0.0321. The van der Waals surface area contributed by atoms with Gasteiger partial charge in [0.25, 0.3) is 0 Å². The fourth-order valence-electron chi connectivity index (χ4n) is 5.23. The summed E-state index contributed by atoms with van der Waals surface area (Å²) in [5.74, 6) is 1.98. The number of rotatable bonds is 10. The maximum absolute atomic E-state index is 14.5. The van der Waals surface area contributed by atoms with Crippen LogP contribution in [-0.2, 0) is 11.2 Å². The summed E-state index contributed by atoms with van der Waals surface area (Å²) >= 11 is 0. The Morgan fingerprint density at radius 1 is 0.822 bits per heavy atom. The third-order valence-electron chi connectivity index (χ3n) is 7.79. The highest BCUT2D eigenvalue weighted by Gasteiger charge is 2.14. The first kappa shape index (κ1) is 31.8. The molecule has 0 atom stereocenters. The first-order chi connectivity index (χ1) is 22.1. The molecule has 0 aliphatic carbocycles. The lowest BCUT2D eigenvalue weighted by Gasteiger charge is -2.26. The van der Waals surface area contributed by atoms with Crippen LogP contribution < -0.4 is 19.5 Å². The first-order valence-corrected chi connectivity index (χ1v) is 15.1. The summed E-state index contributed by atoms with van der Waals surface area (Å²) in [7, 11) is 5.09. The summed E-state index contributed by atoms with van der Waals surface area (Å²) in [4.78, 5) is 6.82. The third-order valence-corrected chi connectivity index (χ3v) is 7.79. The van der Waals surface area contributed by atoms with Crippen LogP contribution >= 0.6 is 0 Å². The van der Waals surface area contributed by atoms with Gasteiger partial charge in [-0.15, -0.1) is 0 Å². The molecule has 2 heterocycles. The van der Waals surface area contributed by atoms with Crippen molar-refractivity contribution < 1.29 is 23.3 Å². The number of nitrogens with zero attached hydrogens (tertiary/aromatic N) is 2. The molecule has 0 amide bonds. The molecule has 1 N–H and O–H groups in total. The molecule has 0 unspecified atom stereocenters. The van der Waals surface area contributed by atoms with Crippen molar-refractivity contribution in [2.24, 2.45) is 0 Å². The number of hydrogen-bond donors (Lipinski definition) is 1. The van der Waals surface area contributed by atoms with E-state index in [-0.39, 0.29) is 5.82 Å². The summed E-state index contributed by atoms with van der Waals surface area (Å²) in [6, 6.07) is 29.3. The molecule has 0 radical (unpaired) electrons. The Morgan fingerprint density at radius 2 is 1.62 bits per heavy atom. The van der Waals surface area contributed by atoms with Crippen molar-refractivity contribution in [1.82, 2.24) is 9.88 Å². The van der Waals surface area contributed by atoms with Gasteiger partial charge in [0.15, 0.2) is 11.5 Å². The molecule has 6 rings (SSSR count). The zero-order valence-corrected chi connectivity index (χ0v) is 26.1. The van der Waals surface area contributed by atoms with Crippen LogP contribution in [0.2, 0.25) is 0 Å². The molecule has 1 aromatic heterocycles. The summed E-state index contributed by atoms with van der Waals surface area (Å²) in [6.07, 6.45) is 2.22. The lowest BCUT2D eigenvalue weighted by atomic mass is 10.00. The number of morpholine rings is 1. The zero-order valence-electron chi connectivity index (χ0n) is 26.1. The highest BCUT2D eigenvalue weighted by molar-refractivity contribution is 5.86. The molecular weight excluding hydrogens is 569 g/mol. The van der Waals surface area contributed by atoms with E-state index in [1.807, 2.05) is 66.7 Å². The number of pyridine rings is 1. The van der Waals surface area contributed by atoms with Crippen molar-refractivity contribution in [3.05, 3.63) is 114 Å². The van der Waals surface area contributed by atoms with Crippen LogP contribution in [0.4, 0.5) is 10.1 Å². The molecule has 1 aliphatic rings. The SMILES string of the molecule is CNc1ccc(Cc2ccnc3cc(OCCN4CCOCC4)c(OC)cc23)c(F)c1.COc1cccc(-c2ccccc2)c1. The predicted octanol–water partition coefficient (Wildman–Crippen LogP) is 7.09. The number of anilines is 1. The van der Waals surface area contributed by atoms with Crippen LogP contribution in [0.3, 0.4) is 0 Å². The number of nitrogens with one attached hydrogen (secondary N) is 1. The Hall–Kier alpha value is -4.66. The van der Waals surface area contributed by atoms with Crippen molar-refractivity contribution in [3.63, 3.8) is 0 Å². The van der Waals surface area contributed by atoms with E-state index in [2.05, 4.69) is 33.4 Å². The normalized spacial score (nSPS) is 13.1. The Labute approximate surface area is 264 Å². The highest BCUT2D eigenvalue weighted by Crippen LogP contribution is 2.34. The van der Waals surface area contributed by atoms with Crippen molar-refractivity contribution in [3.8, 4) is 28.4 Å². The Balaban J connectivity index is 0.000000238. The van der Waals surface area contributed by atoms with Crippen LogP contribution in [0.1, 0.15) is 11.1 Å². The van der Waals surface area contributed by atoms with E-state index in [1.165, 1.54) is 17.2 Å². The smallest absolute Gasteiger partial charge is 0.163 e. The van der Waals surface area contributed by atoms with Gasteiger partial charge in [0.2, 0.25) is 0 Å². The molecule has 1 aliphatic heterocycles. The molecule has 1 fully saturated rings. The lowest BCUT2D eigenvalue weighted by Crippen LogP contribution is -2.38. The summed E-state index contributed by atoms with van der Waals surface area (Å²) < 4.78 is 36.7. The third kappa shape index (κ3) is 8.50. The molecule has 0 bridgehead atoms. The molecule has 45 heavy (non-hydrogen) atoms. The highest BCUT2D eigenvalue weighted by atomic mass is 19.1. The van der Waals surface area contributed by atoms with E-state index in [1.54, 1.807) is 27.5 Å². The van der Waals surface area contributed by atoms with Crippen LogP contribution in [0.15, 0.2) is 97.2 Å². The molecule has 4 aromatic carbocycles. The predicted molar refractivity (Wildman–Crippen MR) is 178 cm³/mol. The Bertz CT molecular complexity index is 1680. The second-order valence-corrected chi connectivity index (χ2v) is 10.6. The fourth-order valence-corrected chi connectivity index (χ4v) is 5.23. The molecule has 0 spiro atoms. The second kappa shape index (κ2) is 15.9. The van der Waals surface area contributed by atoms with E-state index in [4.69, 9.17) is 18.9 Å². The van der Waals surface area contributed by atoms with E-state index in [9.17, 15) is 4.39 Å². The van der Waals surface area contributed by atoms with Gasteiger partial charge in [-0.05, 0) is 58.7 Å². The average Bonchev–Trinajstić information content (AvgIpc) is 3.10. The Kier molecular flexibility index (Phi) is 11.2. The monoisotopic (exact) mass is 609 g/mol. The van der Waals surface area contributed by atoms with E-state index < -0.39 is 0 Å². The molecule has 5 aromatic rings. The number of methoxy groups -OCH3 is 2. The van der Waals surface area contributed by atoms with Gasteiger partial charge in [-0.2, -0.15) is 0 Å². The number of fused-ring (bicyclic) bond motifs is 1. The second-order valence-electron chi connectivity index (χ2n) is 10.6. The van der Waals surface area contributed by atoms with Gasteiger partial charge in [0.05, 0.1) is 33.0 Å². The van der Waals surface area contributed by atoms with E-state index >= 15 is 0 Å². The quantitative estimate of drug-likeness (QED) is 0.181.